The molecule has 0 heterocycles. The highest BCUT2D eigenvalue weighted by Crippen LogP contribution is 2.30. The Hall–Kier alpha value is -1.05. The molecule has 0 amide bonds. The quantitative estimate of drug-likeness (QED) is 0.712. The van der Waals surface area contributed by atoms with E-state index in [9.17, 15) is 8.42 Å². The first-order valence-corrected chi connectivity index (χ1v) is 9.12. The second kappa shape index (κ2) is 5.98. The van der Waals surface area contributed by atoms with Gasteiger partial charge in [-0.25, -0.2) is 8.42 Å². The van der Waals surface area contributed by atoms with Crippen LogP contribution in [0.2, 0.25) is 0 Å². The Labute approximate surface area is 141 Å². The van der Waals surface area contributed by atoms with Crippen molar-refractivity contribution in [1.29, 1.82) is 0 Å². The monoisotopic (exact) mass is 432 g/mol. The van der Waals surface area contributed by atoms with Crippen molar-refractivity contribution in [3.05, 3.63) is 50.4 Å². The third-order valence-corrected chi connectivity index (χ3v) is 5.76. The Bertz CT molecular complexity index is 782. The van der Waals surface area contributed by atoms with Crippen molar-refractivity contribution in [3.63, 3.8) is 0 Å². The van der Waals surface area contributed by atoms with Crippen LogP contribution in [0.5, 0.6) is 0 Å². The topological polar surface area (TPSA) is 72.2 Å². The molecule has 0 aliphatic rings. The van der Waals surface area contributed by atoms with E-state index in [1.807, 2.05) is 26.0 Å². The number of sulfonamides is 1. The number of nitrogen functional groups attached to an aromatic ring is 1. The molecule has 0 saturated carbocycles. The number of nitrogens with one attached hydrogen (secondary N) is 1. The zero-order chi connectivity index (χ0) is 15.8. The lowest BCUT2D eigenvalue weighted by Gasteiger charge is -2.15. The van der Waals surface area contributed by atoms with Gasteiger partial charge >= 0.3 is 0 Å². The number of halogens is 2. The molecule has 7 heteroatoms. The van der Waals surface area contributed by atoms with Crippen molar-refractivity contribution in [2.45, 2.75) is 18.7 Å². The Balaban J connectivity index is 2.47. The minimum atomic E-state index is -3.69. The van der Waals surface area contributed by atoms with Crippen molar-refractivity contribution in [2.24, 2.45) is 0 Å². The molecule has 0 atom stereocenters. The fourth-order valence-corrected chi connectivity index (χ4v) is 4.98. The largest absolute Gasteiger partial charge is 0.399 e. The number of hydrogen-bond acceptors (Lipinski definition) is 3. The van der Waals surface area contributed by atoms with E-state index in [1.54, 1.807) is 12.1 Å². The van der Waals surface area contributed by atoms with E-state index in [4.69, 9.17) is 5.73 Å². The fraction of sp³-hybridized carbons (Fsp3) is 0.143. The molecule has 4 nitrogen and oxygen atoms in total. The molecule has 2 aromatic carbocycles. The van der Waals surface area contributed by atoms with Crippen molar-refractivity contribution < 1.29 is 8.42 Å². The second-order valence-corrected chi connectivity index (χ2v) is 8.13. The van der Waals surface area contributed by atoms with E-state index in [-0.39, 0.29) is 4.90 Å². The third-order valence-electron chi connectivity index (χ3n) is 2.98. The maximum absolute atomic E-state index is 12.5. The summed E-state index contributed by atoms with van der Waals surface area (Å²) in [5, 5.41) is 0. The van der Waals surface area contributed by atoms with Crippen LogP contribution in [0, 0.1) is 13.8 Å². The van der Waals surface area contributed by atoms with Gasteiger partial charge in [-0.2, -0.15) is 0 Å². The number of benzene rings is 2. The first-order chi connectivity index (χ1) is 9.70. The molecule has 0 radical (unpaired) electrons. The highest BCUT2D eigenvalue weighted by molar-refractivity contribution is 9.10. The highest BCUT2D eigenvalue weighted by Gasteiger charge is 2.19. The van der Waals surface area contributed by atoms with Gasteiger partial charge in [-0.15, -0.1) is 0 Å². The maximum atomic E-state index is 12.5. The van der Waals surface area contributed by atoms with Crippen molar-refractivity contribution in [3.8, 4) is 0 Å². The molecule has 0 aliphatic heterocycles. The minimum absolute atomic E-state index is 0.151. The predicted octanol–water partition coefficient (Wildman–Crippen LogP) is 4.21. The minimum Gasteiger partial charge on any atom is -0.399 e. The summed E-state index contributed by atoms with van der Waals surface area (Å²) in [4.78, 5) is 0.151. The van der Waals surface area contributed by atoms with Crippen LogP contribution >= 0.6 is 31.9 Å². The maximum Gasteiger partial charge on any atom is 0.263 e. The summed E-state index contributed by atoms with van der Waals surface area (Å²) < 4.78 is 29.0. The number of rotatable bonds is 3. The SMILES string of the molecule is Cc1cc(Br)cc(C)c1NS(=O)(=O)c1ccc(N)cc1Br. The Kier molecular flexibility index (Phi) is 4.65. The zero-order valence-corrected chi connectivity index (χ0v) is 15.4. The van der Waals surface area contributed by atoms with Crippen LogP contribution in [0.25, 0.3) is 0 Å². The van der Waals surface area contributed by atoms with Crippen molar-refractivity contribution >= 4 is 53.3 Å². The van der Waals surface area contributed by atoms with Crippen LogP contribution in [0.3, 0.4) is 0 Å². The molecular formula is C14H14Br2N2O2S. The van der Waals surface area contributed by atoms with Gasteiger partial charge in [0.15, 0.2) is 0 Å². The van der Waals surface area contributed by atoms with Gasteiger partial charge in [0.2, 0.25) is 0 Å². The third kappa shape index (κ3) is 3.59. The van der Waals surface area contributed by atoms with Crippen LogP contribution in [0.1, 0.15) is 11.1 Å². The predicted molar refractivity (Wildman–Crippen MR) is 93.0 cm³/mol. The van der Waals surface area contributed by atoms with Gasteiger partial charge in [-0.05, 0) is 71.2 Å². The van der Waals surface area contributed by atoms with Crippen LogP contribution in [0.15, 0.2) is 44.2 Å². The normalized spacial score (nSPS) is 11.4. The molecule has 0 aromatic heterocycles. The first kappa shape index (κ1) is 16.3. The molecule has 0 bridgehead atoms. The smallest absolute Gasteiger partial charge is 0.263 e. The van der Waals surface area contributed by atoms with Crippen molar-refractivity contribution in [2.75, 3.05) is 10.5 Å². The molecule has 0 unspecified atom stereocenters. The summed E-state index contributed by atoms with van der Waals surface area (Å²) in [5.74, 6) is 0. The summed E-state index contributed by atoms with van der Waals surface area (Å²) in [7, 11) is -3.69. The molecular weight excluding hydrogens is 420 g/mol. The van der Waals surface area contributed by atoms with Crippen LogP contribution in [-0.4, -0.2) is 8.42 Å². The Morgan fingerprint density at radius 3 is 2.14 bits per heavy atom. The summed E-state index contributed by atoms with van der Waals surface area (Å²) in [6.45, 7) is 3.71. The first-order valence-electron chi connectivity index (χ1n) is 6.05. The average molecular weight is 434 g/mol. The standard InChI is InChI=1S/C14H14Br2N2O2S/c1-8-5-10(15)6-9(2)14(8)18-21(19,20)13-4-3-11(17)7-12(13)16/h3-7,18H,17H2,1-2H3. The number of anilines is 2. The van der Waals surface area contributed by atoms with Gasteiger partial charge in [0.1, 0.15) is 4.90 Å². The van der Waals surface area contributed by atoms with Gasteiger partial charge in [0.05, 0.1) is 5.69 Å². The van der Waals surface area contributed by atoms with Crippen LogP contribution in [-0.2, 0) is 10.0 Å². The molecule has 2 rings (SSSR count). The lowest BCUT2D eigenvalue weighted by molar-refractivity contribution is 0.600. The summed E-state index contributed by atoms with van der Waals surface area (Å²) in [5.41, 5.74) is 8.41. The lowest BCUT2D eigenvalue weighted by Crippen LogP contribution is -2.15. The number of aryl methyl sites for hydroxylation is 2. The van der Waals surface area contributed by atoms with Crippen LogP contribution in [0.4, 0.5) is 11.4 Å². The van der Waals surface area contributed by atoms with E-state index in [1.165, 1.54) is 6.07 Å². The molecule has 0 fully saturated rings. The van der Waals surface area contributed by atoms with E-state index in [0.717, 1.165) is 15.6 Å². The highest BCUT2D eigenvalue weighted by atomic mass is 79.9. The molecule has 112 valence electrons. The van der Waals surface area contributed by atoms with Crippen LogP contribution < -0.4 is 10.5 Å². The number of nitrogens with two attached hydrogens (primary N) is 1. The lowest BCUT2D eigenvalue weighted by atomic mass is 10.1. The molecule has 3 N–H and O–H groups in total. The van der Waals surface area contributed by atoms with E-state index >= 15 is 0 Å². The second-order valence-electron chi connectivity index (χ2n) is 4.71. The van der Waals surface area contributed by atoms with Gasteiger partial charge in [-0.1, -0.05) is 15.9 Å². The zero-order valence-electron chi connectivity index (χ0n) is 11.4. The summed E-state index contributed by atoms with van der Waals surface area (Å²) in [6.07, 6.45) is 0. The number of hydrogen-bond donors (Lipinski definition) is 2. The molecule has 0 spiro atoms. The van der Waals surface area contributed by atoms with Gasteiger partial charge in [0.25, 0.3) is 10.0 Å². The molecule has 21 heavy (non-hydrogen) atoms. The molecule has 0 aliphatic carbocycles. The van der Waals surface area contributed by atoms with Gasteiger partial charge < -0.3 is 5.73 Å². The molecule has 2 aromatic rings. The Morgan fingerprint density at radius 2 is 1.62 bits per heavy atom. The van der Waals surface area contributed by atoms with Gasteiger partial charge in [0, 0.05) is 14.6 Å². The fourth-order valence-electron chi connectivity index (χ4n) is 2.00. The summed E-state index contributed by atoms with van der Waals surface area (Å²) in [6, 6.07) is 8.33. The molecule has 0 saturated heterocycles. The van der Waals surface area contributed by atoms with E-state index in [0.29, 0.717) is 15.8 Å². The van der Waals surface area contributed by atoms with E-state index in [2.05, 4.69) is 36.6 Å². The van der Waals surface area contributed by atoms with Gasteiger partial charge in [-0.3, -0.25) is 4.72 Å². The Morgan fingerprint density at radius 1 is 1.05 bits per heavy atom. The van der Waals surface area contributed by atoms with Crippen molar-refractivity contribution in [1.82, 2.24) is 0 Å². The summed E-state index contributed by atoms with van der Waals surface area (Å²) >= 11 is 6.63. The van der Waals surface area contributed by atoms with E-state index < -0.39 is 10.0 Å². The average Bonchev–Trinajstić information content (AvgIpc) is 2.33.